The van der Waals surface area contributed by atoms with E-state index in [0.29, 0.717) is 0 Å². The van der Waals surface area contributed by atoms with Crippen molar-refractivity contribution < 1.29 is 0 Å². The molecule has 0 atom stereocenters. The summed E-state index contributed by atoms with van der Waals surface area (Å²) in [5.74, 6) is 0. The van der Waals surface area contributed by atoms with Crippen molar-refractivity contribution in [3.63, 3.8) is 0 Å². The van der Waals surface area contributed by atoms with Gasteiger partial charge in [0, 0.05) is 4.43 Å². The Morgan fingerprint density at radius 2 is 1.89 bits per heavy atom. The summed E-state index contributed by atoms with van der Waals surface area (Å²) in [6, 6.07) is 0. The van der Waals surface area contributed by atoms with Gasteiger partial charge in [-0.3, -0.25) is 0 Å². The van der Waals surface area contributed by atoms with E-state index in [-0.39, 0.29) is 14.9 Å². The van der Waals surface area contributed by atoms with Crippen molar-refractivity contribution in [2.24, 2.45) is 0 Å². The fraction of sp³-hybridized carbons (Fsp3) is 0.500. The van der Waals surface area contributed by atoms with Crippen LogP contribution in [0.15, 0.2) is 24.8 Å². The minimum absolute atomic E-state index is 0. The maximum absolute atomic E-state index is 3.54. The van der Waals surface area contributed by atoms with Gasteiger partial charge in [0.15, 0.2) is 0 Å². The van der Waals surface area contributed by atoms with Gasteiger partial charge in [-0.25, -0.2) is 0 Å². The lowest BCUT2D eigenvalue weighted by atomic mass is 10.4. The van der Waals surface area contributed by atoms with Gasteiger partial charge >= 0.3 is 0 Å². The van der Waals surface area contributed by atoms with Crippen LogP contribution in [0.25, 0.3) is 0 Å². The predicted octanol–water partition coefficient (Wildman–Crippen LogP) is 3.83. The number of halogens is 1. The molecular formula is C8H17I. The molecule has 0 saturated carbocycles. The van der Waals surface area contributed by atoms with Crippen LogP contribution in [0.4, 0.5) is 0 Å². The van der Waals surface area contributed by atoms with E-state index in [1.165, 1.54) is 4.43 Å². The molecule has 0 aliphatic rings. The highest BCUT2D eigenvalue weighted by atomic mass is 127. The van der Waals surface area contributed by atoms with E-state index in [9.17, 15) is 0 Å². The molecule has 0 saturated heterocycles. The number of hydrogen-bond donors (Lipinski definition) is 0. The summed E-state index contributed by atoms with van der Waals surface area (Å²) in [6.45, 7) is 3.54. The topological polar surface area (TPSA) is 0 Å². The second-order valence-corrected chi connectivity index (χ2v) is 2.22. The Labute approximate surface area is 73.2 Å². The predicted molar refractivity (Wildman–Crippen MR) is 56.3 cm³/mol. The molecule has 0 radical (unpaired) electrons. The molecular weight excluding hydrogens is 223 g/mol. The lowest BCUT2D eigenvalue weighted by molar-refractivity contribution is 1.28. The molecule has 0 aromatic heterocycles. The fourth-order valence-corrected chi connectivity index (χ4v) is 0.615. The molecule has 0 fully saturated rings. The van der Waals surface area contributed by atoms with Crippen molar-refractivity contribution in [1.82, 2.24) is 0 Å². The van der Waals surface area contributed by atoms with Gasteiger partial charge in [0.1, 0.15) is 0 Å². The molecule has 0 aliphatic carbocycles. The molecule has 0 unspecified atom stereocenters. The first-order chi connectivity index (χ1) is 3.41. The number of alkyl halides is 1. The summed E-state index contributed by atoms with van der Waals surface area (Å²) in [5, 5.41) is 0. The first kappa shape index (κ1) is 16.1. The molecule has 0 bridgehead atoms. The van der Waals surface area contributed by atoms with Crippen LogP contribution in [0.2, 0.25) is 0 Å². The van der Waals surface area contributed by atoms with Gasteiger partial charge in [-0.05, 0) is 6.42 Å². The second kappa shape index (κ2) is 15.7. The number of allylic oxidation sites excluding steroid dienone is 3. The summed E-state index contributed by atoms with van der Waals surface area (Å²) in [4.78, 5) is 0. The Hall–Kier alpha value is 0.210. The van der Waals surface area contributed by atoms with E-state index in [1.54, 1.807) is 6.08 Å². The largest absolute Gasteiger partial charge is 0.0991 e. The third-order valence-electron chi connectivity index (χ3n) is 0.548. The summed E-state index contributed by atoms with van der Waals surface area (Å²) in [7, 11) is 0. The molecule has 0 spiro atoms. The lowest BCUT2D eigenvalue weighted by Gasteiger charge is -1.75. The lowest BCUT2D eigenvalue weighted by Crippen LogP contribution is -1.61. The minimum Gasteiger partial charge on any atom is -0.0991 e. The van der Waals surface area contributed by atoms with Gasteiger partial charge in [0.25, 0.3) is 0 Å². The van der Waals surface area contributed by atoms with Gasteiger partial charge in [-0.2, -0.15) is 0 Å². The molecule has 1 heteroatoms. The molecule has 56 valence electrons. The fourth-order valence-electron chi connectivity index (χ4n) is 0.255. The van der Waals surface area contributed by atoms with Crippen LogP contribution in [0.5, 0.6) is 0 Å². The van der Waals surface area contributed by atoms with Crippen molar-refractivity contribution in [3.8, 4) is 0 Å². The van der Waals surface area contributed by atoms with Crippen molar-refractivity contribution in [2.45, 2.75) is 21.3 Å². The van der Waals surface area contributed by atoms with Crippen LogP contribution in [0, 0.1) is 0 Å². The van der Waals surface area contributed by atoms with E-state index >= 15 is 0 Å². The zero-order valence-corrected chi connectivity index (χ0v) is 6.39. The van der Waals surface area contributed by atoms with Crippen LogP contribution >= 0.6 is 22.6 Å². The first-order valence-corrected chi connectivity index (χ1v) is 3.78. The molecule has 0 nitrogen and oxygen atoms in total. The van der Waals surface area contributed by atoms with Crippen LogP contribution < -0.4 is 0 Å². The van der Waals surface area contributed by atoms with Crippen molar-refractivity contribution in [3.05, 3.63) is 24.8 Å². The van der Waals surface area contributed by atoms with Crippen molar-refractivity contribution >= 4 is 22.6 Å². The first-order valence-electron chi connectivity index (χ1n) is 2.25. The van der Waals surface area contributed by atoms with Gasteiger partial charge in [-0.1, -0.05) is 62.3 Å². The monoisotopic (exact) mass is 240 g/mol. The van der Waals surface area contributed by atoms with Crippen LogP contribution in [-0.2, 0) is 0 Å². The summed E-state index contributed by atoms with van der Waals surface area (Å²) >= 11 is 2.34. The van der Waals surface area contributed by atoms with Crippen molar-refractivity contribution in [1.29, 1.82) is 0 Å². The van der Waals surface area contributed by atoms with Crippen LogP contribution in [0.3, 0.4) is 0 Å². The number of rotatable bonds is 3. The van der Waals surface area contributed by atoms with E-state index < -0.39 is 0 Å². The Morgan fingerprint density at radius 3 is 2.22 bits per heavy atom. The Balaban J connectivity index is -0.000000180. The van der Waals surface area contributed by atoms with E-state index in [1.807, 2.05) is 6.08 Å². The summed E-state index contributed by atoms with van der Waals surface area (Å²) in [5.41, 5.74) is 0. The summed E-state index contributed by atoms with van der Waals surface area (Å²) < 4.78 is 1.20. The van der Waals surface area contributed by atoms with Gasteiger partial charge in [0.2, 0.25) is 0 Å². The van der Waals surface area contributed by atoms with Gasteiger partial charge in [-0.15, -0.1) is 0 Å². The molecule has 0 rings (SSSR count). The molecule has 0 N–H and O–H groups in total. The molecule has 0 amide bonds. The molecule has 0 aromatic rings. The van der Waals surface area contributed by atoms with Gasteiger partial charge < -0.3 is 0 Å². The maximum Gasteiger partial charge on any atom is 0.00300 e. The maximum atomic E-state index is 3.54. The third kappa shape index (κ3) is 17.9. The van der Waals surface area contributed by atoms with Gasteiger partial charge in [0.05, 0.1) is 0 Å². The highest BCUT2D eigenvalue weighted by molar-refractivity contribution is 14.1. The highest BCUT2D eigenvalue weighted by Crippen LogP contribution is 1.88. The van der Waals surface area contributed by atoms with E-state index in [0.717, 1.165) is 6.42 Å². The van der Waals surface area contributed by atoms with E-state index in [4.69, 9.17) is 0 Å². The standard InChI is InChI=1S/C6H9I.2CH4/c1-2-3-4-5-6-7;;/h2-4H,1,5-6H2;2*1H4. The van der Waals surface area contributed by atoms with Crippen molar-refractivity contribution in [2.75, 3.05) is 4.43 Å². The highest BCUT2D eigenvalue weighted by Gasteiger charge is 1.67. The Bertz CT molecular complexity index is 65.0. The normalized spacial score (nSPS) is 7.67. The average Bonchev–Trinajstić information content (AvgIpc) is 1.69. The quantitative estimate of drug-likeness (QED) is 0.399. The zero-order valence-electron chi connectivity index (χ0n) is 4.23. The minimum atomic E-state index is 0. The smallest absolute Gasteiger partial charge is 0.00300 e. The second-order valence-electron chi connectivity index (χ2n) is 1.14. The summed E-state index contributed by atoms with van der Waals surface area (Å²) in [6.07, 6.45) is 7.04. The SMILES string of the molecule is C.C.C=CC=CCCI. The average molecular weight is 240 g/mol. The molecule has 0 heterocycles. The van der Waals surface area contributed by atoms with Crippen LogP contribution in [-0.4, -0.2) is 4.43 Å². The molecule has 0 aliphatic heterocycles. The Kier molecular flexibility index (Phi) is 28.1. The zero-order chi connectivity index (χ0) is 5.54. The number of hydrogen-bond acceptors (Lipinski definition) is 0. The molecule has 9 heavy (non-hydrogen) atoms. The van der Waals surface area contributed by atoms with Crippen LogP contribution in [0.1, 0.15) is 21.3 Å². The van der Waals surface area contributed by atoms with E-state index in [2.05, 4.69) is 35.2 Å². The molecule has 0 aromatic carbocycles. The third-order valence-corrected chi connectivity index (χ3v) is 1.17. The Morgan fingerprint density at radius 1 is 1.33 bits per heavy atom.